The van der Waals surface area contributed by atoms with Crippen molar-refractivity contribution in [2.75, 3.05) is 30.3 Å². The first-order valence-electron chi connectivity index (χ1n) is 7.19. The highest BCUT2D eigenvalue weighted by molar-refractivity contribution is 7.18. The monoisotopic (exact) mass is 309 g/mol. The molecule has 2 aliphatic rings. The van der Waals surface area contributed by atoms with Crippen LogP contribution >= 0.6 is 11.3 Å². The summed E-state index contributed by atoms with van der Waals surface area (Å²) in [5.74, 6) is -0.428. The molecule has 7 nitrogen and oxygen atoms in total. The Morgan fingerprint density at radius 2 is 1.90 bits per heavy atom. The SMILES string of the molecule is NC(=O)C1CCCN1C(=O)c1sc(N2CCCC2)nc1N. The van der Waals surface area contributed by atoms with Gasteiger partial charge in [-0.3, -0.25) is 9.59 Å². The van der Waals surface area contributed by atoms with Gasteiger partial charge in [0.15, 0.2) is 5.13 Å². The van der Waals surface area contributed by atoms with Gasteiger partial charge >= 0.3 is 0 Å². The van der Waals surface area contributed by atoms with Crippen LogP contribution in [0.15, 0.2) is 0 Å². The number of amides is 2. The third kappa shape index (κ3) is 2.55. The summed E-state index contributed by atoms with van der Waals surface area (Å²) >= 11 is 1.31. The van der Waals surface area contributed by atoms with Gasteiger partial charge in [-0.05, 0) is 25.7 Å². The molecule has 0 aliphatic carbocycles. The molecule has 2 fully saturated rings. The van der Waals surface area contributed by atoms with Gasteiger partial charge < -0.3 is 21.3 Å². The van der Waals surface area contributed by atoms with Crippen LogP contribution in [-0.4, -0.2) is 47.4 Å². The summed E-state index contributed by atoms with van der Waals surface area (Å²) in [4.78, 5) is 32.4. The fourth-order valence-electron chi connectivity index (χ4n) is 2.95. The van der Waals surface area contributed by atoms with Gasteiger partial charge in [-0.1, -0.05) is 11.3 Å². The van der Waals surface area contributed by atoms with Gasteiger partial charge in [0, 0.05) is 19.6 Å². The summed E-state index contributed by atoms with van der Waals surface area (Å²) in [7, 11) is 0. The fourth-order valence-corrected chi connectivity index (χ4v) is 3.95. The molecule has 0 aromatic carbocycles. The second kappa shape index (κ2) is 5.51. The number of aromatic nitrogens is 1. The van der Waals surface area contributed by atoms with Crippen molar-refractivity contribution in [3.8, 4) is 0 Å². The van der Waals surface area contributed by atoms with Gasteiger partial charge in [-0.25, -0.2) is 4.98 Å². The Bertz CT molecular complexity index is 567. The summed E-state index contributed by atoms with van der Waals surface area (Å²) in [6.45, 7) is 2.45. The lowest BCUT2D eigenvalue weighted by atomic mass is 10.2. The second-order valence-corrected chi connectivity index (χ2v) is 6.44. The topological polar surface area (TPSA) is 106 Å². The Hall–Kier alpha value is -1.83. The van der Waals surface area contributed by atoms with Gasteiger partial charge in [0.05, 0.1) is 0 Å². The number of hydrogen-bond donors (Lipinski definition) is 2. The molecule has 3 rings (SSSR count). The normalized spacial score (nSPS) is 22.0. The number of carbonyl (C=O) groups excluding carboxylic acids is 2. The maximum atomic E-state index is 12.6. The molecule has 1 aromatic heterocycles. The Balaban J connectivity index is 1.82. The highest BCUT2D eigenvalue weighted by Gasteiger charge is 2.35. The molecule has 21 heavy (non-hydrogen) atoms. The van der Waals surface area contributed by atoms with Crippen LogP contribution in [0.5, 0.6) is 0 Å². The lowest BCUT2D eigenvalue weighted by Gasteiger charge is -2.21. The van der Waals surface area contributed by atoms with Crippen LogP contribution in [0.4, 0.5) is 10.9 Å². The smallest absolute Gasteiger partial charge is 0.268 e. The Morgan fingerprint density at radius 3 is 2.57 bits per heavy atom. The number of primary amides is 1. The molecule has 2 amide bonds. The summed E-state index contributed by atoms with van der Waals surface area (Å²) < 4.78 is 0. The van der Waals surface area contributed by atoms with Crippen molar-refractivity contribution >= 4 is 34.1 Å². The summed E-state index contributed by atoms with van der Waals surface area (Å²) in [5.41, 5.74) is 11.3. The molecule has 0 radical (unpaired) electrons. The number of anilines is 2. The molecule has 0 bridgehead atoms. The quantitative estimate of drug-likeness (QED) is 0.841. The van der Waals surface area contributed by atoms with Crippen LogP contribution in [0.1, 0.15) is 35.4 Å². The lowest BCUT2D eigenvalue weighted by molar-refractivity contribution is -0.121. The van der Waals surface area contributed by atoms with E-state index >= 15 is 0 Å². The number of thiazole rings is 1. The Morgan fingerprint density at radius 1 is 1.19 bits per heavy atom. The minimum atomic E-state index is -0.519. The number of rotatable bonds is 3. The van der Waals surface area contributed by atoms with Crippen LogP contribution < -0.4 is 16.4 Å². The molecule has 0 spiro atoms. The zero-order valence-electron chi connectivity index (χ0n) is 11.7. The van der Waals surface area contributed by atoms with Gasteiger partial charge in [0.25, 0.3) is 5.91 Å². The number of carbonyl (C=O) groups is 2. The standard InChI is InChI=1S/C13H19N5O2S/c14-10-9(21-13(16-10)17-5-1-2-6-17)12(20)18-7-3-4-8(18)11(15)19/h8H,1-7,14H2,(H2,15,19). The average molecular weight is 309 g/mol. The predicted molar refractivity (Wildman–Crippen MR) is 81.2 cm³/mol. The molecule has 1 atom stereocenters. The number of nitrogens with two attached hydrogens (primary N) is 2. The number of nitrogen functional groups attached to an aromatic ring is 1. The minimum Gasteiger partial charge on any atom is -0.382 e. The second-order valence-electron chi connectivity index (χ2n) is 5.46. The molecule has 1 unspecified atom stereocenters. The van der Waals surface area contributed by atoms with Crippen molar-refractivity contribution in [2.45, 2.75) is 31.7 Å². The van der Waals surface area contributed by atoms with Crippen molar-refractivity contribution in [1.29, 1.82) is 0 Å². The van der Waals surface area contributed by atoms with Crippen molar-refractivity contribution in [1.82, 2.24) is 9.88 Å². The molecule has 0 saturated carbocycles. The fraction of sp³-hybridized carbons (Fsp3) is 0.615. The largest absolute Gasteiger partial charge is 0.382 e. The van der Waals surface area contributed by atoms with Crippen molar-refractivity contribution in [3.63, 3.8) is 0 Å². The molecular formula is C13H19N5O2S. The van der Waals surface area contributed by atoms with Crippen molar-refractivity contribution in [3.05, 3.63) is 4.88 Å². The third-order valence-electron chi connectivity index (χ3n) is 4.05. The molecule has 8 heteroatoms. The predicted octanol–water partition coefficient (Wildman–Crippen LogP) is 0.415. The first-order valence-corrected chi connectivity index (χ1v) is 8.01. The van der Waals surface area contributed by atoms with E-state index in [1.807, 2.05) is 0 Å². The zero-order chi connectivity index (χ0) is 15.0. The summed E-state index contributed by atoms with van der Waals surface area (Å²) in [6, 6.07) is -0.519. The van der Waals surface area contributed by atoms with Gasteiger partial charge in [0.1, 0.15) is 16.7 Å². The van der Waals surface area contributed by atoms with Crippen molar-refractivity contribution < 1.29 is 9.59 Å². The minimum absolute atomic E-state index is 0.225. The highest BCUT2D eigenvalue weighted by atomic mass is 32.1. The average Bonchev–Trinajstić information content (AvgIpc) is 3.18. The van der Waals surface area contributed by atoms with Gasteiger partial charge in [-0.2, -0.15) is 0 Å². The van der Waals surface area contributed by atoms with E-state index in [0.29, 0.717) is 17.8 Å². The lowest BCUT2D eigenvalue weighted by Crippen LogP contribution is -2.43. The van der Waals surface area contributed by atoms with E-state index in [4.69, 9.17) is 11.5 Å². The van der Waals surface area contributed by atoms with Crippen LogP contribution in [0.3, 0.4) is 0 Å². The van der Waals surface area contributed by atoms with Crippen LogP contribution in [0.25, 0.3) is 0 Å². The number of nitrogens with zero attached hydrogens (tertiary/aromatic N) is 3. The molecule has 4 N–H and O–H groups in total. The van der Waals surface area contributed by atoms with Gasteiger partial charge in [-0.15, -0.1) is 0 Å². The first kappa shape index (κ1) is 14.1. The number of likely N-dealkylation sites (tertiary alicyclic amines) is 1. The molecule has 3 heterocycles. The van der Waals surface area contributed by atoms with E-state index in [0.717, 1.165) is 37.5 Å². The van der Waals surface area contributed by atoms with Crippen LogP contribution in [0, 0.1) is 0 Å². The number of hydrogen-bond acceptors (Lipinski definition) is 6. The highest BCUT2D eigenvalue weighted by Crippen LogP contribution is 2.32. The molecule has 2 saturated heterocycles. The maximum Gasteiger partial charge on any atom is 0.268 e. The van der Waals surface area contributed by atoms with E-state index < -0.39 is 11.9 Å². The van der Waals surface area contributed by atoms with Gasteiger partial charge in [0.2, 0.25) is 5.91 Å². The van der Waals surface area contributed by atoms with E-state index in [-0.39, 0.29) is 11.7 Å². The molecular weight excluding hydrogens is 290 g/mol. The van der Waals surface area contributed by atoms with Crippen LogP contribution in [0.2, 0.25) is 0 Å². The van der Waals surface area contributed by atoms with E-state index in [1.54, 1.807) is 0 Å². The maximum absolute atomic E-state index is 12.6. The van der Waals surface area contributed by atoms with E-state index in [2.05, 4.69) is 9.88 Å². The molecule has 1 aromatic rings. The molecule has 114 valence electrons. The van der Waals surface area contributed by atoms with E-state index in [1.165, 1.54) is 16.2 Å². The zero-order valence-corrected chi connectivity index (χ0v) is 12.6. The molecule has 2 aliphatic heterocycles. The Labute approximate surface area is 126 Å². The van der Waals surface area contributed by atoms with Crippen molar-refractivity contribution in [2.24, 2.45) is 5.73 Å². The Kier molecular flexibility index (Phi) is 3.71. The van der Waals surface area contributed by atoms with E-state index in [9.17, 15) is 9.59 Å². The first-order chi connectivity index (χ1) is 10.1. The van der Waals surface area contributed by atoms with Crippen LogP contribution in [-0.2, 0) is 4.79 Å². The summed E-state index contributed by atoms with van der Waals surface area (Å²) in [5, 5.41) is 0.795. The third-order valence-corrected chi connectivity index (χ3v) is 5.17. The summed E-state index contributed by atoms with van der Waals surface area (Å²) in [6.07, 6.45) is 3.69.